The third-order valence-electron chi connectivity index (χ3n) is 2.88. The minimum absolute atomic E-state index is 0.258. The van der Waals surface area contributed by atoms with Crippen molar-refractivity contribution in [1.82, 2.24) is 10.6 Å². The molecule has 1 rings (SSSR count). The highest BCUT2D eigenvalue weighted by Gasteiger charge is 2.16. The molecular weight excluding hydrogens is 256 g/mol. The van der Waals surface area contributed by atoms with Crippen molar-refractivity contribution < 1.29 is 14.7 Å². The van der Waals surface area contributed by atoms with E-state index in [0.717, 1.165) is 5.56 Å². The summed E-state index contributed by atoms with van der Waals surface area (Å²) in [7, 11) is 0. The molecule has 20 heavy (non-hydrogen) atoms. The molecule has 0 bridgehead atoms. The van der Waals surface area contributed by atoms with Crippen LogP contribution in [0.15, 0.2) is 24.3 Å². The first-order valence-electron chi connectivity index (χ1n) is 6.73. The normalized spacial score (nSPS) is 13.4. The molecule has 5 nitrogen and oxygen atoms in total. The van der Waals surface area contributed by atoms with E-state index < -0.39 is 12.1 Å². The molecule has 0 aliphatic rings. The average Bonchev–Trinajstić information content (AvgIpc) is 2.38. The maximum absolute atomic E-state index is 12.0. The van der Waals surface area contributed by atoms with E-state index in [1.54, 1.807) is 32.0 Å². The number of rotatable bonds is 6. The van der Waals surface area contributed by atoms with Crippen LogP contribution in [0.25, 0.3) is 0 Å². The molecule has 0 fully saturated rings. The van der Waals surface area contributed by atoms with Gasteiger partial charge in [-0.3, -0.25) is 9.59 Å². The number of hydrogen-bond acceptors (Lipinski definition) is 3. The molecule has 0 aliphatic carbocycles. The topological polar surface area (TPSA) is 78.4 Å². The second kappa shape index (κ2) is 7.65. The number of benzene rings is 1. The van der Waals surface area contributed by atoms with Crippen molar-refractivity contribution >= 4 is 11.8 Å². The Bertz CT molecular complexity index is 472. The van der Waals surface area contributed by atoms with E-state index in [2.05, 4.69) is 10.6 Å². The van der Waals surface area contributed by atoms with Gasteiger partial charge >= 0.3 is 0 Å². The Hall–Kier alpha value is -1.88. The molecule has 0 aliphatic heterocycles. The van der Waals surface area contributed by atoms with Crippen molar-refractivity contribution in [1.29, 1.82) is 0 Å². The first-order valence-corrected chi connectivity index (χ1v) is 6.73. The highest BCUT2D eigenvalue weighted by molar-refractivity contribution is 5.97. The highest BCUT2D eigenvalue weighted by atomic mass is 16.3. The van der Waals surface area contributed by atoms with Crippen molar-refractivity contribution in [3.8, 4) is 0 Å². The van der Waals surface area contributed by atoms with Crippen LogP contribution in [0.2, 0.25) is 0 Å². The molecule has 1 aromatic carbocycles. The molecule has 0 heterocycles. The van der Waals surface area contributed by atoms with Crippen LogP contribution in [0.5, 0.6) is 0 Å². The molecule has 110 valence electrons. The van der Waals surface area contributed by atoms with Crippen molar-refractivity contribution in [3.05, 3.63) is 35.4 Å². The minimum Gasteiger partial charge on any atom is -0.393 e. The van der Waals surface area contributed by atoms with E-state index >= 15 is 0 Å². The summed E-state index contributed by atoms with van der Waals surface area (Å²) in [6, 6.07) is 6.58. The van der Waals surface area contributed by atoms with E-state index in [1.807, 2.05) is 13.0 Å². The second-order valence-electron chi connectivity index (χ2n) is 4.99. The lowest BCUT2D eigenvalue weighted by Crippen LogP contribution is -2.45. The Labute approximate surface area is 119 Å². The van der Waals surface area contributed by atoms with E-state index in [0.29, 0.717) is 18.5 Å². The van der Waals surface area contributed by atoms with Gasteiger partial charge in [-0.25, -0.2) is 0 Å². The number of aliphatic hydroxyl groups excluding tert-OH is 1. The molecule has 0 saturated carbocycles. The summed E-state index contributed by atoms with van der Waals surface area (Å²) in [6.07, 6.45) is 0.0390. The fraction of sp³-hybridized carbons (Fsp3) is 0.467. The van der Waals surface area contributed by atoms with Gasteiger partial charge in [-0.2, -0.15) is 0 Å². The zero-order valence-electron chi connectivity index (χ0n) is 12.1. The Kier molecular flexibility index (Phi) is 6.18. The van der Waals surface area contributed by atoms with Crippen molar-refractivity contribution in [3.63, 3.8) is 0 Å². The first-order chi connectivity index (χ1) is 9.40. The van der Waals surface area contributed by atoms with Gasteiger partial charge in [0.05, 0.1) is 6.10 Å². The SMILES string of the molecule is Cc1cccc(C(=O)NC(C)C(=O)NCCC(C)O)c1. The molecule has 2 amide bonds. The van der Waals surface area contributed by atoms with Gasteiger partial charge in [-0.05, 0) is 39.3 Å². The molecule has 2 unspecified atom stereocenters. The quantitative estimate of drug-likeness (QED) is 0.726. The van der Waals surface area contributed by atoms with Crippen LogP contribution >= 0.6 is 0 Å². The lowest BCUT2D eigenvalue weighted by atomic mass is 10.1. The van der Waals surface area contributed by atoms with Crippen LogP contribution in [-0.2, 0) is 4.79 Å². The number of nitrogens with one attached hydrogen (secondary N) is 2. The van der Waals surface area contributed by atoms with Gasteiger partial charge in [0, 0.05) is 12.1 Å². The zero-order chi connectivity index (χ0) is 15.1. The molecule has 0 saturated heterocycles. The van der Waals surface area contributed by atoms with Crippen molar-refractivity contribution in [2.75, 3.05) is 6.54 Å². The van der Waals surface area contributed by atoms with Crippen molar-refractivity contribution in [2.24, 2.45) is 0 Å². The molecule has 0 aromatic heterocycles. The molecule has 1 aromatic rings. The summed E-state index contributed by atoms with van der Waals surface area (Å²) in [5.74, 6) is -0.529. The third kappa shape index (κ3) is 5.40. The van der Waals surface area contributed by atoms with Crippen LogP contribution in [0.1, 0.15) is 36.2 Å². The van der Waals surface area contributed by atoms with Gasteiger partial charge in [0.25, 0.3) is 5.91 Å². The summed E-state index contributed by atoms with van der Waals surface area (Å²) in [4.78, 5) is 23.7. The van der Waals surface area contributed by atoms with E-state index in [1.165, 1.54) is 0 Å². The molecule has 2 atom stereocenters. The predicted octanol–water partition coefficient (Wildman–Crippen LogP) is 1.00. The Balaban J connectivity index is 2.47. The molecule has 0 spiro atoms. The van der Waals surface area contributed by atoms with Crippen LogP contribution in [0.3, 0.4) is 0 Å². The smallest absolute Gasteiger partial charge is 0.251 e. The highest BCUT2D eigenvalue weighted by Crippen LogP contribution is 2.04. The van der Waals surface area contributed by atoms with Crippen LogP contribution in [0, 0.1) is 6.92 Å². The number of amides is 2. The fourth-order valence-corrected chi connectivity index (χ4v) is 1.69. The monoisotopic (exact) mass is 278 g/mol. The van der Waals surface area contributed by atoms with Gasteiger partial charge in [0.1, 0.15) is 6.04 Å². The Morgan fingerprint density at radius 2 is 2.00 bits per heavy atom. The summed E-state index contributed by atoms with van der Waals surface area (Å²) in [6.45, 7) is 5.59. The lowest BCUT2D eigenvalue weighted by Gasteiger charge is -2.14. The fourth-order valence-electron chi connectivity index (χ4n) is 1.69. The predicted molar refractivity (Wildman–Crippen MR) is 77.4 cm³/mol. The van der Waals surface area contributed by atoms with Gasteiger partial charge in [0.15, 0.2) is 0 Å². The van der Waals surface area contributed by atoms with Gasteiger partial charge in [0.2, 0.25) is 5.91 Å². The standard InChI is InChI=1S/C15H22N2O3/c1-10-5-4-6-13(9-10)15(20)17-12(3)14(19)16-8-7-11(2)18/h4-6,9,11-12,18H,7-8H2,1-3H3,(H,16,19)(H,17,20). The lowest BCUT2D eigenvalue weighted by molar-refractivity contribution is -0.122. The molecule has 5 heteroatoms. The van der Waals surface area contributed by atoms with Crippen LogP contribution in [0.4, 0.5) is 0 Å². The number of carbonyl (C=O) groups is 2. The number of carbonyl (C=O) groups excluding carboxylic acids is 2. The van der Waals surface area contributed by atoms with E-state index in [4.69, 9.17) is 5.11 Å². The van der Waals surface area contributed by atoms with E-state index in [9.17, 15) is 9.59 Å². The van der Waals surface area contributed by atoms with Gasteiger partial charge in [-0.1, -0.05) is 17.7 Å². The van der Waals surface area contributed by atoms with Crippen LogP contribution in [-0.4, -0.2) is 35.6 Å². The number of aliphatic hydroxyl groups is 1. The molecular formula is C15H22N2O3. The largest absolute Gasteiger partial charge is 0.393 e. The Morgan fingerprint density at radius 3 is 2.60 bits per heavy atom. The summed E-state index contributed by atoms with van der Waals surface area (Å²) < 4.78 is 0. The number of aryl methyl sites for hydroxylation is 1. The maximum atomic E-state index is 12.0. The zero-order valence-corrected chi connectivity index (χ0v) is 12.1. The summed E-state index contributed by atoms with van der Waals surface area (Å²) in [5, 5.41) is 14.4. The molecule has 0 radical (unpaired) electrons. The first kappa shape index (κ1) is 16.2. The third-order valence-corrected chi connectivity index (χ3v) is 2.88. The average molecular weight is 278 g/mol. The molecule has 3 N–H and O–H groups in total. The summed E-state index contributed by atoms with van der Waals surface area (Å²) in [5.41, 5.74) is 1.53. The number of hydrogen-bond donors (Lipinski definition) is 3. The van der Waals surface area contributed by atoms with E-state index in [-0.39, 0.29) is 11.8 Å². The van der Waals surface area contributed by atoms with Crippen LogP contribution < -0.4 is 10.6 Å². The van der Waals surface area contributed by atoms with Gasteiger partial charge in [-0.15, -0.1) is 0 Å². The van der Waals surface area contributed by atoms with Gasteiger partial charge < -0.3 is 15.7 Å². The summed E-state index contributed by atoms with van der Waals surface area (Å²) >= 11 is 0. The maximum Gasteiger partial charge on any atom is 0.251 e. The Morgan fingerprint density at radius 1 is 1.30 bits per heavy atom. The second-order valence-corrected chi connectivity index (χ2v) is 4.99. The minimum atomic E-state index is -0.614. The van der Waals surface area contributed by atoms with Crippen molar-refractivity contribution in [2.45, 2.75) is 39.3 Å².